The zero-order valence-electron chi connectivity index (χ0n) is 8.03. The molecule has 0 atom stereocenters. The Balaban J connectivity index is 1.99. The number of rotatable bonds is 3. The molecule has 0 radical (unpaired) electrons. The SMILES string of the molecule is NC1(CCc2ccc(O)c(O)c2)CC1. The van der Waals surface area contributed by atoms with Crippen LogP contribution in [0.2, 0.25) is 0 Å². The van der Waals surface area contributed by atoms with Crippen LogP contribution in [0.4, 0.5) is 0 Å². The van der Waals surface area contributed by atoms with Gasteiger partial charge in [-0.2, -0.15) is 0 Å². The van der Waals surface area contributed by atoms with Crippen molar-refractivity contribution in [1.82, 2.24) is 0 Å². The van der Waals surface area contributed by atoms with Gasteiger partial charge in [-0.1, -0.05) is 6.07 Å². The second-order valence-electron chi connectivity index (χ2n) is 4.19. The van der Waals surface area contributed by atoms with Crippen LogP contribution in [0.5, 0.6) is 11.5 Å². The Morgan fingerprint density at radius 2 is 1.93 bits per heavy atom. The number of aryl methyl sites for hydroxylation is 1. The van der Waals surface area contributed by atoms with Crippen LogP contribution < -0.4 is 5.73 Å². The second kappa shape index (κ2) is 3.17. The monoisotopic (exact) mass is 193 g/mol. The number of aromatic hydroxyl groups is 2. The van der Waals surface area contributed by atoms with Gasteiger partial charge in [-0.25, -0.2) is 0 Å². The molecule has 14 heavy (non-hydrogen) atoms. The maximum atomic E-state index is 9.26. The molecule has 2 rings (SSSR count). The van der Waals surface area contributed by atoms with Crippen LogP contribution >= 0.6 is 0 Å². The molecular formula is C11H15NO2. The normalized spacial score (nSPS) is 18.1. The summed E-state index contributed by atoms with van der Waals surface area (Å²) in [6.07, 6.45) is 4.04. The van der Waals surface area contributed by atoms with Crippen molar-refractivity contribution in [1.29, 1.82) is 0 Å². The van der Waals surface area contributed by atoms with Gasteiger partial charge < -0.3 is 15.9 Å². The molecule has 1 aromatic carbocycles. The van der Waals surface area contributed by atoms with Crippen molar-refractivity contribution < 1.29 is 10.2 Å². The van der Waals surface area contributed by atoms with Gasteiger partial charge in [0.25, 0.3) is 0 Å². The molecule has 3 nitrogen and oxygen atoms in total. The number of benzene rings is 1. The van der Waals surface area contributed by atoms with Gasteiger partial charge in [0.2, 0.25) is 0 Å². The van der Waals surface area contributed by atoms with E-state index in [0.29, 0.717) is 0 Å². The summed E-state index contributed by atoms with van der Waals surface area (Å²) >= 11 is 0. The fraction of sp³-hybridized carbons (Fsp3) is 0.455. The van der Waals surface area contributed by atoms with Crippen LogP contribution in [-0.2, 0) is 6.42 Å². The van der Waals surface area contributed by atoms with Crippen LogP contribution in [0.25, 0.3) is 0 Å². The lowest BCUT2D eigenvalue weighted by Crippen LogP contribution is -2.21. The summed E-state index contributed by atoms with van der Waals surface area (Å²) in [5, 5.41) is 18.4. The highest BCUT2D eigenvalue weighted by Crippen LogP contribution is 2.37. The molecule has 76 valence electrons. The van der Waals surface area contributed by atoms with Crippen molar-refractivity contribution >= 4 is 0 Å². The number of hydrogen-bond acceptors (Lipinski definition) is 3. The zero-order valence-corrected chi connectivity index (χ0v) is 8.03. The maximum absolute atomic E-state index is 9.26. The van der Waals surface area contributed by atoms with Crippen LogP contribution in [-0.4, -0.2) is 15.8 Å². The average molecular weight is 193 g/mol. The van der Waals surface area contributed by atoms with Crippen LogP contribution in [0.1, 0.15) is 24.8 Å². The van der Waals surface area contributed by atoms with Crippen LogP contribution in [0.3, 0.4) is 0 Å². The molecule has 1 saturated carbocycles. The predicted octanol–water partition coefficient (Wildman–Crippen LogP) is 1.52. The van der Waals surface area contributed by atoms with Crippen molar-refractivity contribution in [3.8, 4) is 11.5 Å². The lowest BCUT2D eigenvalue weighted by molar-refractivity contribution is 0.403. The van der Waals surface area contributed by atoms with E-state index in [-0.39, 0.29) is 17.0 Å². The minimum atomic E-state index is -0.0670. The van der Waals surface area contributed by atoms with Crippen molar-refractivity contribution in [3.05, 3.63) is 23.8 Å². The van der Waals surface area contributed by atoms with E-state index in [1.807, 2.05) is 6.07 Å². The van der Waals surface area contributed by atoms with Gasteiger partial charge in [0.05, 0.1) is 0 Å². The summed E-state index contributed by atoms with van der Waals surface area (Å²) in [5.74, 6) is -0.119. The number of phenolic OH excluding ortho intramolecular Hbond substituents is 2. The summed E-state index contributed by atoms with van der Waals surface area (Å²) in [6.45, 7) is 0. The Hall–Kier alpha value is -1.22. The molecule has 3 heteroatoms. The predicted molar refractivity (Wildman–Crippen MR) is 54.2 cm³/mol. The Labute approximate surface area is 83.2 Å². The summed E-state index contributed by atoms with van der Waals surface area (Å²) < 4.78 is 0. The summed E-state index contributed by atoms with van der Waals surface area (Å²) in [6, 6.07) is 4.93. The Bertz CT molecular complexity index is 345. The van der Waals surface area contributed by atoms with E-state index in [1.54, 1.807) is 6.07 Å². The van der Waals surface area contributed by atoms with Crippen LogP contribution in [0, 0.1) is 0 Å². The first-order valence-electron chi connectivity index (χ1n) is 4.89. The molecule has 0 spiro atoms. The van der Waals surface area contributed by atoms with Gasteiger partial charge in [-0.3, -0.25) is 0 Å². The third-order valence-electron chi connectivity index (χ3n) is 2.84. The van der Waals surface area contributed by atoms with Crippen molar-refractivity contribution in [2.24, 2.45) is 5.73 Å². The van der Waals surface area contributed by atoms with Gasteiger partial charge in [-0.05, 0) is 43.4 Å². The highest BCUT2D eigenvalue weighted by molar-refractivity contribution is 5.40. The molecule has 0 aliphatic heterocycles. The minimum Gasteiger partial charge on any atom is -0.504 e. The standard InChI is InChI=1S/C11H15NO2/c12-11(5-6-11)4-3-8-1-2-9(13)10(14)7-8/h1-2,7,13-14H,3-6,12H2. The molecular weight excluding hydrogens is 178 g/mol. The Morgan fingerprint density at radius 3 is 2.50 bits per heavy atom. The molecule has 4 N–H and O–H groups in total. The van der Waals surface area contributed by atoms with E-state index in [9.17, 15) is 5.11 Å². The van der Waals surface area contributed by atoms with Gasteiger partial charge in [0.15, 0.2) is 11.5 Å². The maximum Gasteiger partial charge on any atom is 0.157 e. The third-order valence-corrected chi connectivity index (χ3v) is 2.84. The molecule has 0 aromatic heterocycles. The summed E-state index contributed by atoms with van der Waals surface area (Å²) in [4.78, 5) is 0. The summed E-state index contributed by atoms with van der Waals surface area (Å²) in [5.41, 5.74) is 7.02. The third kappa shape index (κ3) is 1.99. The second-order valence-corrected chi connectivity index (χ2v) is 4.19. The lowest BCUT2D eigenvalue weighted by Gasteiger charge is -2.08. The first-order valence-corrected chi connectivity index (χ1v) is 4.89. The van der Waals surface area contributed by atoms with E-state index < -0.39 is 0 Å². The van der Waals surface area contributed by atoms with Gasteiger partial charge in [-0.15, -0.1) is 0 Å². The zero-order chi connectivity index (χ0) is 10.2. The highest BCUT2D eigenvalue weighted by atomic mass is 16.3. The van der Waals surface area contributed by atoms with Crippen LogP contribution in [0.15, 0.2) is 18.2 Å². The van der Waals surface area contributed by atoms with Gasteiger partial charge in [0, 0.05) is 5.54 Å². The molecule has 0 heterocycles. The van der Waals surface area contributed by atoms with E-state index >= 15 is 0 Å². The first kappa shape index (κ1) is 9.34. The molecule has 1 fully saturated rings. The van der Waals surface area contributed by atoms with Crippen molar-refractivity contribution in [2.75, 3.05) is 0 Å². The molecule has 0 bridgehead atoms. The molecule has 0 amide bonds. The van der Waals surface area contributed by atoms with E-state index in [1.165, 1.54) is 6.07 Å². The topological polar surface area (TPSA) is 66.5 Å². The van der Waals surface area contributed by atoms with E-state index in [4.69, 9.17) is 10.8 Å². The quantitative estimate of drug-likeness (QED) is 0.638. The largest absolute Gasteiger partial charge is 0.504 e. The molecule has 0 saturated heterocycles. The van der Waals surface area contributed by atoms with Crippen molar-refractivity contribution in [2.45, 2.75) is 31.2 Å². The average Bonchev–Trinajstić information content (AvgIpc) is 2.87. The van der Waals surface area contributed by atoms with Gasteiger partial charge >= 0.3 is 0 Å². The minimum absolute atomic E-state index is 0.0491. The fourth-order valence-electron chi connectivity index (χ4n) is 1.53. The molecule has 1 aliphatic carbocycles. The Morgan fingerprint density at radius 1 is 1.21 bits per heavy atom. The fourth-order valence-corrected chi connectivity index (χ4v) is 1.53. The smallest absolute Gasteiger partial charge is 0.157 e. The number of hydrogen-bond donors (Lipinski definition) is 3. The molecule has 1 aliphatic rings. The molecule has 0 unspecified atom stereocenters. The van der Waals surface area contributed by atoms with Gasteiger partial charge in [0.1, 0.15) is 0 Å². The van der Waals surface area contributed by atoms with Crippen molar-refractivity contribution in [3.63, 3.8) is 0 Å². The summed E-state index contributed by atoms with van der Waals surface area (Å²) in [7, 11) is 0. The number of nitrogens with two attached hydrogens (primary N) is 1. The Kier molecular flexibility index (Phi) is 2.11. The first-order chi connectivity index (χ1) is 6.59. The van der Waals surface area contributed by atoms with E-state index in [2.05, 4.69) is 0 Å². The lowest BCUT2D eigenvalue weighted by atomic mass is 10.0. The van der Waals surface area contributed by atoms with E-state index in [0.717, 1.165) is 31.2 Å². The number of phenols is 2. The molecule has 1 aromatic rings. The highest BCUT2D eigenvalue weighted by Gasteiger charge is 2.37.